The highest BCUT2D eigenvalue weighted by Crippen LogP contribution is 2.28. The molecule has 1 aromatic heterocycles. The molecule has 1 aliphatic rings. The fourth-order valence-electron chi connectivity index (χ4n) is 2.52. The lowest BCUT2D eigenvalue weighted by molar-refractivity contribution is -0.154. The summed E-state index contributed by atoms with van der Waals surface area (Å²) < 4.78 is 68.5. The minimum atomic E-state index is -4.48. The lowest BCUT2D eigenvalue weighted by Gasteiger charge is -2.10. The van der Waals surface area contributed by atoms with E-state index in [0.717, 1.165) is 12.8 Å². The normalized spacial score (nSPS) is 14.4. The number of carbonyl (C=O) groups is 1. The van der Waals surface area contributed by atoms with Crippen molar-refractivity contribution in [3.8, 4) is 5.88 Å². The summed E-state index contributed by atoms with van der Waals surface area (Å²) in [6.07, 6.45) is -1.21. The molecule has 1 aromatic carbocycles. The molecule has 1 saturated carbocycles. The summed E-state index contributed by atoms with van der Waals surface area (Å²) in [5.41, 5.74) is 0.622. The molecule has 0 unspecified atom stereocenters. The Hall–Kier alpha value is -2.66. The van der Waals surface area contributed by atoms with Crippen LogP contribution in [0, 0.1) is 5.92 Å². The van der Waals surface area contributed by atoms with Crippen LogP contribution in [-0.2, 0) is 16.6 Å². The van der Waals surface area contributed by atoms with Crippen molar-refractivity contribution < 1.29 is 31.1 Å². The number of pyridine rings is 1. The van der Waals surface area contributed by atoms with Gasteiger partial charge in [-0.1, -0.05) is 6.07 Å². The molecule has 0 saturated heterocycles. The smallest absolute Gasteiger partial charge is 0.422 e. The van der Waals surface area contributed by atoms with Crippen LogP contribution in [0.2, 0.25) is 0 Å². The summed E-state index contributed by atoms with van der Waals surface area (Å²) in [7, 11) is -3.71. The van der Waals surface area contributed by atoms with Crippen molar-refractivity contribution in [1.29, 1.82) is 0 Å². The van der Waals surface area contributed by atoms with Crippen LogP contribution in [0.15, 0.2) is 47.5 Å². The molecule has 1 amide bonds. The van der Waals surface area contributed by atoms with Crippen molar-refractivity contribution in [2.24, 2.45) is 5.92 Å². The fraction of sp³-hybridized carbons (Fsp3) is 0.368. The van der Waals surface area contributed by atoms with Crippen molar-refractivity contribution in [3.05, 3.63) is 53.7 Å². The largest absolute Gasteiger partial charge is 0.468 e. The first-order valence-corrected chi connectivity index (χ1v) is 10.6. The lowest BCUT2D eigenvalue weighted by atomic mass is 10.2. The SMILES string of the molecule is O=C(NCc1ccnc(OCC(F)(F)F)c1)c1cccc(S(=O)(=O)NCC2CC2)c1. The average Bonchev–Trinajstić information content (AvgIpc) is 3.54. The van der Waals surface area contributed by atoms with Crippen molar-refractivity contribution in [2.45, 2.75) is 30.5 Å². The van der Waals surface area contributed by atoms with Crippen LogP contribution in [0.1, 0.15) is 28.8 Å². The molecule has 2 aromatic rings. The van der Waals surface area contributed by atoms with Crippen LogP contribution < -0.4 is 14.8 Å². The van der Waals surface area contributed by atoms with Gasteiger partial charge in [-0.15, -0.1) is 0 Å². The zero-order valence-corrected chi connectivity index (χ0v) is 16.6. The van der Waals surface area contributed by atoms with Crippen molar-refractivity contribution in [2.75, 3.05) is 13.2 Å². The molecule has 1 heterocycles. The third kappa shape index (κ3) is 6.70. The van der Waals surface area contributed by atoms with E-state index in [1.165, 1.54) is 42.6 Å². The Morgan fingerprint density at radius 2 is 1.97 bits per heavy atom. The molecular formula is C19H20F3N3O4S. The molecule has 1 aliphatic carbocycles. The Labute approximate surface area is 171 Å². The molecule has 0 radical (unpaired) electrons. The molecular weight excluding hydrogens is 423 g/mol. The number of nitrogens with zero attached hydrogens (tertiary/aromatic N) is 1. The van der Waals surface area contributed by atoms with E-state index in [4.69, 9.17) is 0 Å². The highest BCUT2D eigenvalue weighted by atomic mass is 32.2. The second kappa shape index (κ2) is 9.00. The van der Waals surface area contributed by atoms with Crippen molar-refractivity contribution in [3.63, 3.8) is 0 Å². The van der Waals surface area contributed by atoms with Crippen LogP contribution in [0.4, 0.5) is 13.2 Å². The molecule has 7 nitrogen and oxygen atoms in total. The molecule has 0 bridgehead atoms. The minimum absolute atomic E-state index is 0.000634. The monoisotopic (exact) mass is 443 g/mol. The number of hydrogen-bond donors (Lipinski definition) is 2. The first-order chi connectivity index (χ1) is 14.1. The van der Waals surface area contributed by atoms with E-state index in [2.05, 4.69) is 19.8 Å². The molecule has 1 fully saturated rings. The lowest BCUT2D eigenvalue weighted by Crippen LogP contribution is -2.27. The Balaban J connectivity index is 1.60. The molecule has 11 heteroatoms. The highest BCUT2D eigenvalue weighted by molar-refractivity contribution is 7.89. The second-order valence-electron chi connectivity index (χ2n) is 6.91. The minimum Gasteiger partial charge on any atom is -0.468 e. The first kappa shape index (κ1) is 22.0. The molecule has 30 heavy (non-hydrogen) atoms. The molecule has 0 spiro atoms. The van der Waals surface area contributed by atoms with E-state index in [-0.39, 0.29) is 22.9 Å². The molecule has 0 atom stereocenters. The van der Waals surface area contributed by atoms with Crippen LogP contribution in [0.25, 0.3) is 0 Å². The zero-order valence-electron chi connectivity index (χ0n) is 15.8. The van der Waals surface area contributed by atoms with Crippen LogP contribution in [0.3, 0.4) is 0 Å². The maximum absolute atomic E-state index is 12.4. The van der Waals surface area contributed by atoms with E-state index < -0.39 is 28.7 Å². The van der Waals surface area contributed by atoms with E-state index in [1.807, 2.05) is 0 Å². The van der Waals surface area contributed by atoms with E-state index in [1.54, 1.807) is 0 Å². The number of alkyl halides is 3. The van der Waals surface area contributed by atoms with E-state index in [9.17, 15) is 26.4 Å². The summed E-state index contributed by atoms with van der Waals surface area (Å²) >= 11 is 0. The van der Waals surface area contributed by atoms with Gasteiger partial charge in [0.05, 0.1) is 4.90 Å². The fourth-order valence-corrected chi connectivity index (χ4v) is 3.68. The summed E-state index contributed by atoms with van der Waals surface area (Å²) in [5, 5.41) is 2.59. The van der Waals surface area contributed by atoms with Crippen LogP contribution in [-0.4, -0.2) is 38.6 Å². The van der Waals surface area contributed by atoms with Gasteiger partial charge in [0.2, 0.25) is 15.9 Å². The number of rotatable bonds is 9. The maximum Gasteiger partial charge on any atom is 0.422 e. The Bertz CT molecular complexity index is 1010. The predicted octanol–water partition coefficient (Wildman–Crippen LogP) is 2.64. The van der Waals surface area contributed by atoms with Gasteiger partial charge in [0, 0.05) is 30.9 Å². The van der Waals surface area contributed by atoms with Gasteiger partial charge in [0.25, 0.3) is 5.91 Å². The zero-order chi connectivity index (χ0) is 21.8. The van der Waals surface area contributed by atoms with Gasteiger partial charge in [0.1, 0.15) is 0 Å². The number of hydrogen-bond acceptors (Lipinski definition) is 5. The standard InChI is InChI=1S/C19H20F3N3O4S/c20-19(21,22)12-29-17-8-14(6-7-23-17)10-24-18(26)15-2-1-3-16(9-15)30(27,28)25-11-13-4-5-13/h1-3,6-9,13,25H,4-5,10-12H2,(H,24,26). The Morgan fingerprint density at radius 1 is 1.20 bits per heavy atom. The molecule has 162 valence electrons. The second-order valence-corrected chi connectivity index (χ2v) is 8.68. The topological polar surface area (TPSA) is 97.4 Å². The van der Waals surface area contributed by atoms with Gasteiger partial charge in [-0.2, -0.15) is 13.2 Å². The van der Waals surface area contributed by atoms with Gasteiger partial charge in [-0.05, 0) is 48.6 Å². The summed E-state index contributed by atoms with van der Waals surface area (Å²) in [6, 6.07) is 8.42. The summed E-state index contributed by atoms with van der Waals surface area (Å²) in [6.45, 7) is -1.09. The molecule has 3 rings (SSSR count). The number of ether oxygens (including phenoxy) is 1. The number of nitrogens with one attached hydrogen (secondary N) is 2. The van der Waals surface area contributed by atoms with Crippen LogP contribution >= 0.6 is 0 Å². The van der Waals surface area contributed by atoms with Gasteiger partial charge in [0.15, 0.2) is 6.61 Å². The van der Waals surface area contributed by atoms with Gasteiger partial charge >= 0.3 is 6.18 Å². The van der Waals surface area contributed by atoms with Crippen molar-refractivity contribution in [1.82, 2.24) is 15.0 Å². The van der Waals surface area contributed by atoms with Crippen LogP contribution in [0.5, 0.6) is 5.88 Å². The third-order valence-electron chi connectivity index (χ3n) is 4.30. The molecule has 0 aliphatic heterocycles. The third-order valence-corrected chi connectivity index (χ3v) is 5.72. The van der Waals surface area contributed by atoms with Gasteiger partial charge in [-0.25, -0.2) is 18.1 Å². The highest BCUT2D eigenvalue weighted by Gasteiger charge is 2.28. The average molecular weight is 443 g/mol. The number of amides is 1. The number of benzene rings is 1. The van der Waals surface area contributed by atoms with Crippen molar-refractivity contribution >= 4 is 15.9 Å². The summed E-state index contributed by atoms with van der Waals surface area (Å²) in [5.74, 6) is -0.366. The number of halogens is 3. The van der Waals surface area contributed by atoms with Gasteiger partial charge < -0.3 is 10.1 Å². The number of sulfonamides is 1. The predicted molar refractivity (Wildman–Crippen MR) is 101 cm³/mol. The number of carbonyl (C=O) groups excluding carboxylic acids is 1. The van der Waals surface area contributed by atoms with Gasteiger partial charge in [-0.3, -0.25) is 4.79 Å². The Morgan fingerprint density at radius 3 is 2.67 bits per heavy atom. The molecule has 2 N–H and O–H groups in total. The number of aromatic nitrogens is 1. The first-order valence-electron chi connectivity index (χ1n) is 9.15. The van der Waals surface area contributed by atoms with E-state index in [0.29, 0.717) is 18.0 Å². The quantitative estimate of drug-likeness (QED) is 0.621. The van der Waals surface area contributed by atoms with E-state index >= 15 is 0 Å². The Kier molecular flexibility index (Phi) is 6.61. The maximum atomic E-state index is 12.4. The summed E-state index contributed by atoms with van der Waals surface area (Å²) in [4.78, 5) is 16.1.